The molecule has 6 nitrogen and oxygen atoms in total. The lowest BCUT2D eigenvalue weighted by Crippen LogP contribution is -2.37. The molecule has 0 heterocycles. The molecule has 0 saturated carbocycles. The molecule has 23 heavy (non-hydrogen) atoms. The van der Waals surface area contributed by atoms with Crippen LogP contribution in [0.3, 0.4) is 0 Å². The molecule has 0 aliphatic carbocycles. The van der Waals surface area contributed by atoms with E-state index in [4.69, 9.17) is 0 Å². The summed E-state index contributed by atoms with van der Waals surface area (Å²) in [6, 6.07) is 7.66. The van der Waals surface area contributed by atoms with Crippen molar-refractivity contribution < 1.29 is 9.59 Å². The van der Waals surface area contributed by atoms with Crippen LogP contribution in [0.2, 0.25) is 0 Å². The van der Waals surface area contributed by atoms with Crippen LogP contribution in [0.4, 0.5) is 11.4 Å². The van der Waals surface area contributed by atoms with Gasteiger partial charge in [0, 0.05) is 58.4 Å². The zero-order valence-electron chi connectivity index (χ0n) is 14.8. The number of benzene rings is 1. The number of likely N-dealkylation sites (N-methyl/N-ethyl adjacent to an activating group) is 1. The summed E-state index contributed by atoms with van der Waals surface area (Å²) >= 11 is 0. The fourth-order valence-electron chi connectivity index (χ4n) is 2.05. The van der Waals surface area contributed by atoms with Crippen molar-refractivity contribution in [3.8, 4) is 0 Å². The molecule has 1 N–H and O–H groups in total. The zero-order chi connectivity index (χ0) is 17.4. The fraction of sp³-hybridized carbons (Fsp3) is 0.529. The van der Waals surface area contributed by atoms with Crippen LogP contribution in [0.1, 0.15) is 13.3 Å². The fourth-order valence-corrected chi connectivity index (χ4v) is 2.05. The molecule has 0 saturated heterocycles. The Kier molecular flexibility index (Phi) is 7.54. The largest absolute Gasteiger partial charge is 0.378 e. The number of hydrogen-bond acceptors (Lipinski definition) is 4. The van der Waals surface area contributed by atoms with Gasteiger partial charge in [0.05, 0.1) is 0 Å². The van der Waals surface area contributed by atoms with Gasteiger partial charge in [0.2, 0.25) is 11.8 Å². The van der Waals surface area contributed by atoms with Gasteiger partial charge in [-0.15, -0.1) is 0 Å². The summed E-state index contributed by atoms with van der Waals surface area (Å²) in [7, 11) is 7.86. The molecular formula is C17H28N4O2. The first-order chi connectivity index (χ1) is 10.8. The molecule has 1 rings (SSSR count). The molecule has 128 valence electrons. The van der Waals surface area contributed by atoms with E-state index < -0.39 is 0 Å². The monoisotopic (exact) mass is 320 g/mol. The number of amides is 2. The summed E-state index contributed by atoms with van der Waals surface area (Å²) in [6.45, 7) is 3.39. The average Bonchev–Trinajstić information content (AvgIpc) is 2.47. The molecule has 0 atom stereocenters. The second-order valence-electron chi connectivity index (χ2n) is 6.05. The van der Waals surface area contributed by atoms with Crippen LogP contribution in [0.15, 0.2) is 24.3 Å². The van der Waals surface area contributed by atoms with Gasteiger partial charge in [0.25, 0.3) is 0 Å². The van der Waals surface area contributed by atoms with Crippen LogP contribution < -0.4 is 10.2 Å². The lowest BCUT2D eigenvalue weighted by atomic mass is 10.2. The van der Waals surface area contributed by atoms with E-state index in [9.17, 15) is 9.59 Å². The average molecular weight is 320 g/mol. The Hall–Kier alpha value is -2.08. The summed E-state index contributed by atoms with van der Waals surface area (Å²) < 4.78 is 0. The van der Waals surface area contributed by atoms with Gasteiger partial charge >= 0.3 is 0 Å². The highest BCUT2D eigenvalue weighted by molar-refractivity contribution is 5.91. The van der Waals surface area contributed by atoms with E-state index in [1.165, 1.54) is 6.92 Å². The molecule has 0 aliphatic heterocycles. The minimum Gasteiger partial charge on any atom is -0.378 e. The van der Waals surface area contributed by atoms with Crippen molar-refractivity contribution in [3.05, 3.63) is 24.3 Å². The van der Waals surface area contributed by atoms with E-state index >= 15 is 0 Å². The third-order valence-electron chi connectivity index (χ3n) is 3.54. The normalized spacial score (nSPS) is 10.5. The van der Waals surface area contributed by atoms with E-state index in [1.807, 2.05) is 62.3 Å². The van der Waals surface area contributed by atoms with Crippen molar-refractivity contribution >= 4 is 23.2 Å². The summed E-state index contributed by atoms with van der Waals surface area (Å²) in [5.74, 6) is -0.0892. The maximum atomic E-state index is 12.0. The van der Waals surface area contributed by atoms with Crippen molar-refractivity contribution in [3.63, 3.8) is 0 Å². The molecular weight excluding hydrogens is 292 g/mol. The lowest BCUT2D eigenvalue weighted by molar-refractivity contribution is -0.129. The number of nitrogens with zero attached hydrogens (tertiary/aromatic N) is 3. The van der Waals surface area contributed by atoms with Gasteiger partial charge in [0.1, 0.15) is 0 Å². The summed E-state index contributed by atoms with van der Waals surface area (Å²) in [5, 5.41) is 2.86. The van der Waals surface area contributed by atoms with E-state index in [2.05, 4.69) is 5.32 Å². The summed E-state index contributed by atoms with van der Waals surface area (Å²) in [4.78, 5) is 29.3. The van der Waals surface area contributed by atoms with Crippen molar-refractivity contribution in [2.45, 2.75) is 13.3 Å². The van der Waals surface area contributed by atoms with Gasteiger partial charge in [-0.25, -0.2) is 0 Å². The molecule has 0 spiro atoms. The highest BCUT2D eigenvalue weighted by Crippen LogP contribution is 2.15. The number of carbonyl (C=O) groups is 2. The van der Waals surface area contributed by atoms with Gasteiger partial charge < -0.3 is 20.0 Å². The molecule has 1 aromatic rings. The molecule has 0 fully saturated rings. The van der Waals surface area contributed by atoms with Gasteiger partial charge in [-0.3, -0.25) is 9.59 Å². The van der Waals surface area contributed by atoms with Crippen LogP contribution in [0.5, 0.6) is 0 Å². The van der Waals surface area contributed by atoms with Crippen LogP contribution in [0.25, 0.3) is 0 Å². The van der Waals surface area contributed by atoms with Crippen LogP contribution in [0, 0.1) is 0 Å². The number of nitrogens with one attached hydrogen (secondary N) is 1. The molecule has 6 heteroatoms. The Morgan fingerprint density at radius 2 is 1.57 bits per heavy atom. The molecule has 0 aromatic heterocycles. The topological polar surface area (TPSA) is 55.9 Å². The molecule has 0 bridgehead atoms. The molecule has 2 amide bonds. The number of hydrogen-bond donors (Lipinski definition) is 1. The second kappa shape index (κ2) is 9.15. The Morgan fingerprint density at radius 3 is 2.04 bits per heavy atom. The third-order valence-corrected chi connectivity index (χ3v) is 3.54. The Balaban J connectivity index is 2.47. The number of anilines is 2. The highest BCUT2D eigenvalue weighted by atomic mass is 16.2. The first-order valence-corrected chi connectivity index (χ1v) is 7.77. The van der Waals surface area contributed by atoms with Crippen molar-refractivity contribution in [2.24, 2.45) is 0 Å². The number of carbonyl (C=O) groups excluding carboxylic acids is 2. The van der Waals surface area contributed by atoms with Gasteiger partial charge in [-0.1, -0.05) is 0 Å². The van der Waals surface area contributed by atoms with Crippen LogP contribution in [-0.2, 0) is 9.59 Å². The smallest absolute Gasteiger partial charge is 0.226 e. The first kappa shape index (κ1) is 19.0. The zero-order valence-corrected chi connectivity index (χ0v) is 14.8. The maximum absolute atomic E-state index is 12.0. The van der Waals surface area contributed by atoms with Crippen LogP contribution >= 0.6 is 0 Å². The second-order valence-corrected chi connectivity index (χ2v) is 6.05. The summed E-state index contributed by atoms with van der Waals surface area (Å²) in [5.41, 5.74) is 1.85. The van der Waals surface area contributed by atoms with E-state index in [0.29, 0.717) is 19.5 Å². The van der Waals surface area contributed by atoms with Gasteiger partial charge in [0.15, 0.2) is 0 Å². The molecule has 0 aliphatic rings. The Bertz CT molecular complexity index is 512. The van der Waals surface area contributed by atoms with E-state index in [1.54, 1.807) is 4.90 Å². The van der Waals surface area contributed by atoms with Crippen LogP contribution in [-0.4, -0.2) is 69.4 Å². The van der Waals surface area contributed by atoms with Gasteiger partial charge in [-0.05, 0) is 38.4 Å². The highest BCUT2D eigenvalue weighted by Gasteiger charge is 2.11. The lowest BCUT2D eigenvalue weighted by Gasteiger charge is -2.22. The van der Waals surface area contributed by atoms with Gasteiger partial charge in [-0.2, -0.15) is 0 Å². The molecule has 0 radical (unpaired) electrons. The first-order valence-electron chi connectivity index (χ1n) is 7.77. The quantitative estimate of drug-likeness (QED) is 0.788. The minimum absolute atomic E-state index is 0.00464. The molecule has 0 unspecified atom stereocenters. The third kappa shape index (κ3) is 7.15. The predicted molar refractivity (Wildman–Crippen MR) is 94.8 cm³/mol. The summed E-state index contributed by atoms with van der Waals surface area (Å²) in [6.07, 6.45) is 0.294. The standard InChI is InChI=1S/C17H28N4O2/c1-14(22)21(13-12-19(2)3)11-10-17(23)18-15-6-8-16(9-7-15)20(4)5/h6-9H,10-13H2,1-5H3,(H,18,23). The van der Waals surface area contributed by atoms with E-state index in [0.717, 1.165) is 17.9 Å². The number of rotatable bonds is 8. The Labute approximate surface area is 139 Å². The van der Waals surface area contributed by atoms with Crippen molar-refractivity contribution in [2.75, 3.05) is 58.0 Å². The Morgan fingerprint density at radius 1 is 0.957 bits per heavy atom. The maximum Gasteiger partial charge on any atom is 0.226 e. The van der Waals surface area contributed by atoms with Crippen molar-refractivity contribution in [1.82, 2.24) is 9.80 Å². The van der Waals surface area contributed by atoms with E-state index in [-0.39, 0.29) is 11.8 Å². The molecule has 1 aromatic carbocycles. The predicted octanol–water partition coefficient (Wildman–Crippen LogP) is 1.49. The SMILES string of the molecule is CC(=O)N(CCC(=O)Nc1ccc(N(C)C)cc1)CCN(C)C. The van der Waals surface area contributed by atoms with Crippen molar-refractivity contribution in [1.29, 1.82) is 0 Å². The minimum atomic E-state index is -0.0845.